The molecule has 1 aromatic heterocycles. The number of carbonyl (C=O) groups is 2. The van der Waals surface area contributed by atoms with Crippen molar-refractivity contribution in [2.24, 2.45) is 0 Å². The van der Waals surface area contributed by atoms with Crippen LogP contribution in [0.25, 0.3) is 11.5 Å². The maximum absolute atomic E-state index is 12.7. The van der Waals surface area contributed by atoms with Gasteiger partial charge in [-0.3, -0.25) is 9.69 Å². The van der Waals surface area contributed by atoms with Crippen LogP contribution in [0.3, 0.4) is 0 Å². The number of carboxylic acids is 1. The van der Waals surface area contributed by atoms with E-state index in [0.717, 1.165) is 21.2 Å². The number of benzene rings is 2. The summed E-state index contributed by atoms with van der Waals surface area (Å²) in [4.78, 5) is 30.9. The van der Waals surface area contributed by atoms with Crippen LogP contribution in [0.4, 0.5) is 0 Å². The molecule has 0 aliphatic heterocycles. The van der Waals surface area contributed by atoms with Gasteiger partial charge in [0.1, 0.15) is 17.1 Å². The summed E-state index contributed by atoms with van der Waals surface area (Å²) < 4.78 is 18.5. The molecule has 0 saturated carbocycles. The maximum Gasteiger partial charge on any atom is 0.350 e. The normalized spacial score (nSPS) is 11.9. The van der Waals surface area contributed by atoms with Crippen molar-refractivity contribution in [3.8, 4) is 17.2 Å². The molecule has 0 bridgehead atoms. The Labute approximate surface area is 244 Å². The number of allylic oxidation sites excluding steroid dienone is 1. The van der Waals surface area contributed by atoms with Gasteiger partial charge < -0.3 is 19.0 Å². The molecule has 1 heterocycles. The summed E-state index contributed by atoms with van der Waals surface area (Å²) >= 11 is 3.46. The summed E-state index contributed by atoms with van der Waals surface area (Å²) in [5, 5.41) is 9.60. The summed E-state index contributed by atoms with van der Waals surface area (Å²) in [6.07, 6.45) is 2.26. The van der Waals surface area contributed by atoms with E-state index in [1.807, 2.05) is 64.1 Å². The van der Waals surface area contributed by atoms with Crippen LogP contribution in [0.2, 0.25) is 0 Å². The fourth-order valence-electron chi connectivity index (χ4n) is 4.01. The Bertz CT molecular complexity index is 1370. The second kappa shape index (κ2) is 12.8. The number of hydrogen-bond donors (Lipinski definition) is 1. The molecule has 0 aliphatic carbocycles. The third-order valence-electron chi connectivity index (χ3n) is 5.85. The van der Waals surface area contributed by atoms with Crippen LogP contribution in [-0.2, 0) is 33.8 Å². The van der Waals surface area contributed by atoms with Crippen LogP contribution in [0.15, 0.2) is 64.0 Å². The molecule has 0 saturated heterocycles. The number of aliphatic carboxylic acids is 1. The summed E-state index contributed by atoms with van der Waals surface area (Å²) in [5.74, 6) is 0.234. The van der Waals surface area contributed by atoms with Crippen LogP contribution in [0.1, 0.15) is 57.2 Å². The van der Waals surface area contributed by atoms with Gasteiger partial charge in [-0.15, -0.1) is 6.58 Å². The minimum atomic E-state index is -1.21. The molecule has 3 rings (SSSR count). The molecule has 0 aliphatic rings. The maximum atomic E-state index is 12.7. The van der Waals surface area contributed by atoms with Crippen LogP contribution in [0.5, 0.6) is 5.75 Å². The Morgan fingerprint density at radius 1 is 1.12 bits per heavy atom. The third-order valence-corrected chi connectivity index (χ3v) is 6.34. The number of ether oxygens (including phenoxy) is 2. The molecule has 0 amide bonds. The van der Waals surface area contributed by atoms with E-state index >= 15 is 0 Å². The van der Waals surface area contributed by atoms with Crippen molar-refractivity contribution in [3.63, 3.8) is 0 Å². The average molecular weight is 614 g/mol. The topological polar surface area (TPSA) is 102 Å². The Hall–Kier alpha value is -3.43. The average Bonchev–Trinajstić information content (AvgIpc) is 3.19. The summed E-state index contributed by atoms with van der Waals surface area (Å²) in [5.41, 5.74) is 1.35. The molecule has 9 heteroatoms. The number of hydrogen-bond acceptors (Lipinski definition) is 7. The van der Waals surface area contributed by atoms with E-state index in [-0.39, 0.29) is 13.1 Å². The minimum absolute atomic E-state index is 0.181. The fourth-order valence-corrected chi connectivity index (χ4v) is 4.41. The lowest BCUT2D eigenvalue weighted by molar-refractivity contribution is -0.171. The smallest absolute Gasteiger partial charge is 0.350 e. The SMILES string of the molecule is C=CCc1cc(CN(CC(=O)O)Cc2nc(-c3cccc(Br)c3)oc2C)ccc1OC(C)(C)C(=O)OC(C)(C)C. The van der Waals surface area contributed by atoms with E-state index in [1.165, 1.54) is 0 Å². The van der Waals surface area contributed by atoms with Gasteiger partial charge in [-0.2, -0.15) is 0 Å². The first-order chi connectivity index (χ1) is 18.7. The molecule has 0 radical (unpaired) electrons. The first-order valence-electron chi connectivity index (χ1n) is 13.0. The first-order valence-corrected chi connectivity index (χ1v) is 13.8. The molecule has 0 spiro atoms. The third kappa shape index (κ3) is 8.79. The number of esters is 1. The number of carboxylic acid groups (broad SMARTS) is 1. The zero-order valence-corrected chi connectivity index (χ0v) is 25.5. The Morgan fingerprint density at radius 3 is 2.48 bits per heavy atom. The number of aromatic nitrogens is 1. The molecule has 2 aromatic carbocycles. The highest BCUT2D eigenvalue weighted by Crippen LogP contribution is 2.29. The number of oxazole rings is 1. The second-order valence-electron chi connectivity index (χ2n) is 11.1. The lowest BCUT2D eigenvalue weighted by Gasteiger charge is -2.30. The molecule has 0 atom stereocenters. The van der Waals surface area contributed by atoms with Crippen molar-refractivity contribution in [1.29, 1.82) is 0 Å². The predicted octanol–water partition coefficient (Wildman–Crippen LogP) is 6.73. The van der Waals surface area contributed by atoms with Crippen LogP contribution in [0, 0.1) is 6.92 Å². The lowest BCUT2D eigenvalue weighted by Crippen LogP contribution is -2.43. The van der Waals surface area contributed by atoms with Crippen molar-refractivity contribution in [2.45, 2.75) is 72.3 Å². The van der Waals surface area contributed by atoms with Gasteiger partial charge in [-0.05, 0) is 83.4 Å². The molecule has 3 aromatic rings. The van der Waals surface area contributed by atoms with Crippen molar-refractivity contribution < 1.29 is 28.6 Å². The van der Waals surface area contributed by atoms with Gasteiger partial charge >= 0.3 is 11.9 Å². The summed E-state index contributed by atoms with van der Waals surface area (Å²) in [6, 6.07) is 13.3. The minimum Gasteiger partial charge on any atom is -0.480 e. The van der Waals surface area contributed by atoms with Gasteiger partial charge in [-0.1, -0.05) is 40.2 Å². The van der Waals surface area contributed by atoms with Crippen LogP contribution in [-0.4, -0.2) is 44.7 Å². The van der Waals surface area contributed by atoms with E-state index in [1.54, 1.807) is 30.9 Å². The number of nitrogens with zero attached hydrogens (tertiary/aromatic N) is 2. The quantitative estimate of drug-likeness (QED) is 0.177. The zero-order valence-electron chi connectivity index (χ0n) is 23.9. The zero-order chi connectivity index (χ0) is 29.7. The molecule has 40 heavy (non-hydrogen) atoms. The molecule has 0 unspecified atom stereocenters. The molecular formula is C31H37BrN2O6. The van der Waals surface area contributed by atoms with Gasteiger partial charge in [0, 0.05) is 23.1 Å². The highest BCUT2D eigenvalue weighted by Gasteiger charge is 2.35. The summed E-state index contributed by atoms with van der Waals surface area (Å²) in [7, 11) is 0. The van der Waals surface area contributed by atoms with E-state index in [9.17, 15) is 14.7 Å². The lowest BCUT2D eigenvalue weighted by atomic mass is 10.0. The van der Waals surface area contributed by atoms with Gasteiger partial charge in [0.2, 0.25) is 5.89 Å². The Kier molecular flexibility index (Phi) is 9.97. The van der Waals surface area contributed by atoms with Crippen LogP contribution < -0.4 is 4.74 Å². The predicted molar refractivity (Wildman–Crippen MR) is 157 cm³/mol. The van der Waals surface area contributed by atoms with E-state index in [2.05, 4.69) is 27.5 Å². The fraction of sp³-hybridized carbons (Fsp3) is 0.387. The van der Waals surface area contributed by atoms with Gasteiger partial charge in [0.25, 0.3) is 0 Å². The van der Waals surface area contributed by atoms with Crippen molar-refractivity contribution in [2.75, 3.05) is 6.54 Å². The standard InChI is InChI=1S/C31H37BrN2O6/c1-8-10-22-15-21(13-14-26(22)39-31(6,7)29(37)40-30(3,4)5)17-34(19-27(35)36)18-25-20(2)38-28(33-25)23-11-9-12-24(32)16-23/h8-9,11-16H,1,10,17-19H2,2-7H3,(H,35,36). The molecule has 0 fully saturated rings. The molecule has 214 valence electrons. The Morgan fingerprint density at radius 2 is 1.85 bits per heavy atom. The van der Waals surface area contributed by atoms with Crippen molar-refractivity contribution >= 4 is 27.9 Å². The van der Waals surface area contributed by atoms with Gasteiger partial charge in [0.15, 0.2) is 5.60 Å². The largest absolute Gasteiger partial charge is 0.480 e. The molecule has 1 N–H and O–H groups in total. The number of rotatable bonds is 12. The first kappa shape index (κ1) is 31.1. The van der Waals surface area contributed by atoms with Crippen molar-refractivity contribution in [3.05, 3.63) is 82.2 Å². The van der Waals surface area contributed by atoms with Gasteiger partial charge in [0.05, 0.1) is 12.2 Å². The monoisotopic (exact) mass is 612 g/mol. The number of halogens is 1. The number of carbonyl (C=O) groups excluding carboxylic acids is 1. The highest BCUT2D eigenvalue weighted by molar-refractivity contribution is 9.10. The molecule has 8 nitrogen and oxygen atoms in total. The van der Waals surface area contributed by atoms with Crippen molar-refractivity contribution in [1.82, 2.24) is 9.88 Å². The van der Waals surface area contributed by atoms with E-state index < -0.39 is 23.1 Å². The second-order valence-corrected chi connectivity index (χ2v) is 12.0. The van der Waals surface area contributed by atoms with Gasteiger partial charge in [-0.25, -0.2) is 9.78 Å². The van der Waals surface area contributed by atoms with Crippen LogP contribution >= 0.6 is 15.9 Å². The number of aryl methyl sites for hydroxylation is 1. The Balaban J connectivity index is 1.83. The highest BCUT2D eigenvalue weighted by atomic mass is 79.9. The van der Waals surface area contributed by atoms with E-state index in [4.69, 9.17) is 13.9 Å². The van der Waals surface area contributed by atoms with E-state index in [0.29, 0.717) is 36.1 Å². The molecular weight excluding hydrogens is 576 g/mol. The summed E-state index contributed by atoms with van der Waals surface area (Å²) in [6.45, 7) is 14.9.